The first-order chi connectivity index (χ1) is 9.99. The second kappa shape index (κ2) is 6.31. The number of aliphatic hydroxyl groups is 1. The molecular weight excluding hydrogens is 292 g/mol. The number of nitrogens with zero attached hydrogens (tertiary/aromatic N) is 1. The summed E-state index contributed by atoms with van der Waals surface area (Å²) in [6.45, 7) is 1.61. The summed E-state index contributed by atoms with van der Waals surface area (Å²) in [7, 11) is 1.52. The number of rotatable bonds is 4. The average Bonchev–Trinajstić information content (AvgIpc) is 2.84. The number of aliphatic hydroxyl groups excluding tert-OH is 1. The van der Waals surface area contributed by atoms with E-state index in [1.807, 2.05) is 4.90 Å². The van der Waals surface area contributed by atoms with Gasteiger partial charge >= 0.3 is 0 Å². The Hall–Kier alpha value is -1.80. The van der Waals surface area contributed by atoms with Crippen molar-refractivity contribution in [2.75, 3.05) is 37.4 Å². The molecule has 0 radical (unpaired) electrons. The highest BCUT2D eigenvalue weighted by Crippen LogP contribution is 2.39. The van der Waals surface area contributed by atoms with Gasteiger partial charge in [0.15, 0.2) is 0 Å². The van der Waals surface area contributed by atoms with E-state index in [4.69, 9.17) is 11.5 Å². The van der Waals surface area contributed by atoms with Crippen LogP contribution in [0.25, 0.3) is 0 Å². The van der Waals surface area contributed by atoms with Crippen LogP contribution in [0, 0.1) is 5.92 Å². The highest BCUT2D eigenvalue weighted by molar-refractivity contribution is 7.19. The van der Waals surface area contributed by atoms with Crippen molar-refractivity contribution < 1.29 is 14.7 Å². The molecule has 0 bridgehead atoms. The molecule has 1 saturated heterocycles. The van der Waals surface area contributed by atoms with Crippen molar-refractivity contribution in [2.24, 2.45) is 11.7 Å². The number of amides is 2. The molecule has 6 N–H and O–H groups in total. The SMILES string of the molecule is CNC(=O)c1c(N2CCC(CO)CC2)sc(C(N)=O)c1N. The molecule has 0 aliphatic carbocycles. The first-order valence-electron chi connectivity index (χ1n) is 6.79. The largest absolute Gasteiger partial charge is 0.397 e. The number of nitrogens with two attached hydrogens (primary N) is 2. The lowest BCUT2D eigenvalue weighted by Crippen LogP contribution is -2.35. The highest BCUT2D eigenvalue weighted by Gasteiger charge is 2.29. The van der Waals surface area contributed by atoms with E-state index in [2.05, 4.69) is 5.32 Å². The first-order valence-corrected chi connectivity index (χ1v) is 7.61. The summed E-state index contributed by atoms with van der Waals surface area (Å²) in [5.41, 5.74) is 11.7. The molecule has 8 heteroatoms. The van der Waals surface area contributed by atoms with Crippen LogP contribution in [0.5, 0.6) is 0 Å². The van der Waals surface area contributed by atoms with Crippen molar-refractivity contribution in [3.8, 4) is 0 Å². The van der Waals surface area contributed by atoms with Gasteiger partial charge in [0, 0.05) is 26.7 Å². The van der Waals surface area contributed by atoms with E-state index >= 15 is 0 Å². The first kappa shape index (κ1) is 15.6. The lowest BCUT2D eigenvalue weighted by atomic mass is 9.98. The van der Waals surface area contributed by atoms with Crippen molar-refractivity contribution in [2.45, 2.75) is 12.8 Å². The fourth-order valence-electron chi connectivity index (χ4n) is 2.50. The average molecular weight is 312 g/mol. The maximum Gasteiger partial charge on any atom is 0.260 e. The van der Waals surface area contributed by atoms with Crippen LogP contribution in [0.2, 0.25) is 0 Å². The van der Waals surface area contributed by atoms with E-state index in [0.717, 1.165) is 24.2 Å². The fraction of sp³-hybridized carbons (Fsp3) is 0.538. The Balaban J connectivity index is 2.36. The number of anilines is 2. The Morgan fingerprint density at radius 2 is 2.05 bits per heavy atom. The smallest absolute Gasteiger partial charge is 0.260 e. The summed E-state index contributed by atoms with van der Waals surface area (Å²) in [6, 6.07) is 0. The second-order valence-corrected chi connectivity index (χ2v) is 6.08. The van der Waals surface area contributed by atoms with Gasteiger partial charge in [0.05, 0.1) is 11.3 Å². The molecule has 7 nitrogen and oxygen atoms in total. The van der Waals surface area contributed by atoms with E-state index in [-0.39, 0.29) is 29.0 Å². The third kappa shape index (κ3) is 2.96. The number of hydrogen-bond donors (Lipinski definition) is 4. The van der Waals surface area contributed by atoms with Crippen LogP contribution in [0.4, 0.5) is 10.7 Å². The van der Waals surface area contributed by atoms with E-state index in [1.54, 1.807) is 0 Å². The minimum absolute atomic E-state index is 0.145. The Labute approximate surface area is 126 Å². The van der Waals surface area contributed by atoms with Gasteiger partial charge in [0.2, 0.25) is 0 Å². The Morgan fingerprint density at radius 1 is 1.43 bits per heavy atom. The van der Waals surface area contributed by atoms with Gasteiger partial charge in [-0.15, -0.1) is 11.3 Å². The molecule has 2 amide bonds. The van der Waals surface area contributed by atoms with Crippen molar-refractivity contribution >= 4 is 33.8 Å². The van der Waals surface area contributed by atoms with Crippen LogP contribution in [0.3, 0.4) is 0 Å². The quantitative estimate of drug-likeness (QED) is 0.623. The van der Waals surface area contributed by atoms with Crippen LogP contribution < -0.4 is 21.7 Å². The molecule has 1 aromatic rings. The third-order valence-electron chi connectivity index (χ3n) is 3.76. The maximum absolute atomic E-state index is 12.1. The third-order valence-corrected chi connectivity index (χ3v) is 5.05. The molecule has 21 heavy (non-hydrogen) atoms. The molecule has 1 aliphatic rings. The summed E-state index contributed by atoms with van der Waals surface area (Å²) in [6.07, 6.45) is 1.68. The lowest BCUT2D eigenvalue weighted by Gasteiger charge is -2.32. The Bertz CT molecular complexity index is 550. The molecule has 2 rings (SSSR count). The molecule has 1 fully saturated rings. The molecule has 1 aliphatic heterocycles. The number of nitrogens with one attached hydrogen (secondary N) is 1. The number of carbonyl (C=O) groups is 2. The van der Waals surface area contributed by atoms with Gasteiger partial charge in [-0.3, -0.25) is 9.59 Å². The van der Waals surface area contributed by atoms with Crippen molar-refractivity contribution in [3.63, 3.8) is 0 Å². The Morgan fingerprint density at radius 3 is 2.52 bits per heavy atom. The molecule has 0 atom stereocenters. The monoisotopic (exact) mass is 312 g/mol. The van der Waals surface area contributed by atoms with Crippen LogP contribution in [-0.2, 0) is 0 Å². The van der Waals surface area contributed by atoms with Gasteiger partial charge in [0.25, 0.3) is 11.8 Å². The predicted molar refractivity (Wildman–Crippen MR) is 82.7 cm³/mol. The van der Waals surface area contributed by atoms with Gasteiger partial charge < -0.3 is 26.8 Å². The summed E-state index contributed by atoms with van der Waals surface area (Å²) < 4.78 is 0. The molecule has 0 aromatic carbocycles. The van der Waals surface area contributed by atoms with Gasteiger partial charge in [-0.2, -0.15) is 0 Å². The fourth-order valence-corrected chi connectivity index (χ4v) is 3.62. The zero-order valence-corrected chi connectivity index (χ0v) is 12.7. The van der Waals surface area contributed by atoms with Gasteiger partial charge in [-0.1, -0.05) is 0 Å². The molecule has 1 aromatic heterocycles. The molecule has 0 unspecified atom stereocenters. The highest BCUT2D eigenvalue weighted by atomic mass is 32.1. The van der Waals surface area contributed by atoms with Gasteiger partial charge in [0.1, 0.15) is 9.88 Å². The van der Waals surface area contributed by atoms with E-state index in [9.17, 15) is 14.7 Å². The van der Waals surface area contributed by atoms with E-state index < -0.39 is 5.91 Å². The molecule has 2 heterocycles. The minimum atomic E-state index is -0.626. The van der Waals surface area contributed by atoms with Crippen LogP contribution in [0.1, 0.15) is 32.9 Å². The number of carbonyl (C=O) groups excluding carboxylic acids is 2. The van der Waals surface area contributed by atoms with Crippen LogP contribution in [-0.4, -0.2) is 43.7 Å². The Kier molecular flexibility index (Phi) is 4.69. The number of primary amides is 1. The van der Waals surface area contributed by atoms with Crippen molar-refractivity contribution in [1.82, 2.24) is 5.32 Å². The van der Waals surface area contributed by atoms with Crippen LogP contribution >= 0.6 is 11.3 Å². The summed E-state index contributed by atoms with van der Waals surface area (Å²) >= 11 is 1.16. The van der Waals surface area contributed by atoms with Crippen molar-refractivity contribution in [1.29, 1.82) is 0 Å². The molecule has 116 valence electrons. The number of piperidine rings is 1. The summed E-state index contributed by atoms with van der Waals surface area (Å²) in [4.78, 5) is 25.7. The standard InChI is InChI=1S/C13H20N4O3S/c1-16-12(20)8-9(14)10(11(15)19)21-13(8)17-4-2-7(6-18)3-5-17/h7,18H,2-6,14H2,1H3,(H2,15,19)(H,16,20). The van der Waals surface area contributed by atoms with Gasteiger partial charge in [-0.05, 0) is 18.8 Å². The molecule has 0 spiro atoms. The van der Waals surface area contributed by atoms with E-state index in [1.165, 1.54) is 7.05 Å². The zero-order chi connectivity index (χ0) is 15.6. The number of nitrogen functional groups attached to an aromatic ring is 1. The topological polar surface area (TPSA) is 122 Å². The number of hydrogen-bond acceptors (Lipinski definition) is 6. The second-order valence-electron chi connectivity index (χ2n) is 5.08. The summed E-state index contributed by atoms with van der Waals surface area (Å²) in [5, 5.41) is 12.4. The lowest BCUT2D eigenvalue weighted by molar-refractivity contribution is 0.0964. The normalized spacial score (nSPS) is 16.0. The zero-order valence-electron chi connectivity index (χ0n) is 11.9. The van der Waals surface area contributed by atoms with Crippen molar-refractivity contribution in [3.05, 3.63) is 10.4 Å². The van der Waals surface area contributed by atoms with Crippen LogP contribution in [0.15, 0.2) is 0 Å². The molecular formula is C13H20N4O3S. The predicted octanol–water partition coefficient (Wildman–Crippen LogP) is -0.00250. The maximum atomic E-state index is 12.1. The van der Waals surface area contributed by atoms with E-state index in [0.29, 0.717) is 23.7 Å². The minimum Gasteiger partial charge on any atom is -0.397 e. The molecule has 0 saturated carbocycles. The van der Waals surface area contributed by atoms with Gasteiger partial charge in [-0.25, -0.2) is 0 Å². The number of thiophene rings is 1. The summed E-state index contributed by atoms with van der Waals surface area (Å²) in [5.74, 6) is -0.660.